The van der Waals surface area contributed by atoms with E-state index in [1.807, 2.05) is 0 Å². The topological polar surface area (TPSA) is 98.0 Å². The molecule has 0 bridgehead atoms. The number of amides is 1. The summed E-state index contributed by atoms with van der Waals surface area (Å²) in [5, 5.41) is 17.4. The molecular formula is C9H5ClN4O3S. The second-order valence-corrected chi connectivity index (χ2v) is 4.38. The number of nitro groups is 1. The van der Waals surface area contributed by atoms with Gasteiger partial charge < -0.3 is 5.32 Å². The van der Waals surface area contributed by atoms with Crippen LogP contribution in [0.4, 0.5) is 10.7 Å². The normalized spacial score (nSPS) is 10.1. The number of carbonyl (C=O) groups excluding carboxylic acids is 1. The lowest BCUT2D eigenvalue weighted by Crippen LogP contribution is -2.13. The molecule has 0 unspecified atom stereocenters. The number of anilines is 1. The van der Waals surface area contributed by atoms with Crippen LogP contribution >= 0.6 is 23.1 Å². The predicted octanol–water partition coefficient (Wildman–Crippen LogP) is 2.35. The first-order valence-electron chi connectivity index (χ1n) is 4.60. The highest BCUT2D eigenvalue weighted by Gasteiger charge is 2.20. The van der Waals surface area contributed by atoms with Crippen molar-refractivity contribution in [3.63, 3.8) is 0 Å². The number of nitrogens with zero attached hydrogens (tertiary/aromatic N) is 3. The van der Waals surface area contributed by atoms with Crippen LogP contribution in [0.1, 0.15) is 10.4 Å². The monoisotopic (exact) mass is 284 g/mol. The highest BCUT2D eigenvalue weighted by molar-refractivity contribution is 7.10. The minimum absolute atomic E-state index is 0.110. The summed E-state index contributed by atoms with van der Waals surface area (Å²) in [4.78, 5) is 22.0. The van der Waals surface area contributed by atoms with Crippen molar-refractivity contribution in [3.8, 4) is 0 Å². The van der Waals surface area contributed by atoms with Crippen LogP contribution in [0.5, 0.6) is 0 Å². The van der Waals surface area contributed by atoms with Gasteiger partial charge in [-0.3, -0.25) is 14.9 Å². The first kappa shape index (κ1) is 12.4. The molecule has 2 aromatic rings. The number of hydrogen-bond donors (Lipinski definition) is 1. The maximum absolute atomic E-state index is 11.9. The Morgan fingerprint density at radius 2 is 2.28 bits per heavy atom. The van der Waals surface area contributed by atoms with E-state index in [0.29, 0.717) is 5.00 Å². The molecule has 9 heteroatoms. The maximum atomic E-state index is 11.9. The summed E-state index contributed by atoms with van der Waals surface area (Å²) in [5.74, 6) is -0.629. The SMILES string of the molecule is O=C(Nc1cnns1)c1cc(Cl)ccc1[N+](=O)[O-]. The number of aromatic nitrogens is 2. The molecule has 92 valence electrons. The fourth-order valence-corrected chi connectivity index (χ4v) is 1.84. The van der Waals surface area contributed by atoms with Crippen molar-refractivity contribution in [3.05, 3.63) is 45.1 Å². The van der Waals surface area contributed by atoms with Gasteiger partial charge in [0.25, 0.3) is 11.6 Å². The van der Waals surface area contributed by atoms with Crippen LogP contribution in [0.25, 0.3) is 0 Å². The van der Waals surface area contributed by atoms with Crippen molar-refractivity contribution in [2.24, 2.45) is 0 Å². The fourth-order valence-electron chi connectivity index (χ4n) is 1.25. The molecule has 0 saturated carbocycles. The molecule has 0 aliphatic carbocycles. The molecule has 1 amide bonds. The summed E-state index contributed by atoms with van der Waals surface area (Å²) in [7, 11) is 0. The largest absolute Gasteiger partial charge is 0.311 e. The number of carbonyl (C=O) groups is 1. The third kappa shape index (κ3) is 2.60. The van der Waals surface area contributed by atoms with Gasteiger partial charge in [0.15, 0.2) is 0 Å². The number of rotatable bonds is 3. The van der Waals surface area contributed by atoms with Gasteiger partial charge in [0.2, 0.25) is 0 Å². The highest BCUT2D eigenvalue weighted by Crippen LogP contribution is 2.24. The lowest BCUT2D eigenvalue weighted by molar-refractivity contribution is -0.385. The number of nitro benzene ring substituents is 1. The summed E-state index contributed by atoms with van der Waals surface area (Å²) in [5.41, 5.74) is -0.421. The molecule has 1 aromatic heterocycles. The van der Waals surface area contributed by atoms with Gasteiger partial charge in [0.05, 0.1) is 11.1 Å². The summed E-state index contributed by atoms with van der Waals surface area (Å²) in [6, 6.07) is 3.77. The minimum atomic E-state index is -0.643. The number of nitrogens with one attached hydrogen (secondary N) is 1. The van der Waals surface area contributed by atoms with Gasteiger partial charge >= 0.3 is 0 Å². The van der Waals surface area contributed by atoms with Crippen LogP contribution < -0.4 is 5.32 Å². The zero-order chi connectivity index (χ0) is 13.1. The Labute approximate surface area is 110 Å². The second kappa shape index (κ2) is 5.07. The number of halogens is 1. The average Bonchev–Trinajstić information content (AvgIpc) is 2.81. The zero-order valence-corrected chi connectivity index (χ0v) is 10.2. The van der Waals surface area contributed by atoms with E-state index >= 15 is 0 Å². The van der Waals surface area contributed by atoms with Crippen molar-refractivity contribution in [1.29, 1.82) is 0 Å². The van der Waals surface area contributed by atoms with Gasteiger partial charge in [0.1, 0.15) is 10.6 Å². The van der Waals surface area contributed by atoms with Crippen LogP contribution in [0.2, 0.25) is 5.02 Å². The molecule has 0 spiro atoms. The molecule has 1 heterocycles. The van der Waals surface area contributed by atoms with E-state index in [4.69, 9.17) is 11.6 Å². The van der Waals surface area contributed by atoms with Crippen LogP contribution in [-0.4, -0.2) is 20.4 Å². The second-order valence-electron chi connectivity index (χ2n) is 3.15. The van der Waals surface area contributed by atoms with E-state index < -0.39 is 10.8 Å². The summed E-state index contributed by atoms with van der Waals surface area (Å²) >= 11 is 6.69. The molecule has 1 N–H and O–H groups in total. The Bertz CT molecular complexity index is 602. The zero-order valence-electron chi connectivity index (χ0n) is 8.66. The van der Waals surface area contributed by atoms with Crippen molar-refractivity contribution in [2.75, 3.05) is 5.32 Å². The molecule has 1 aromatic carbocycles. The van der Waals surface area contributed by atoms with Crippen molar-refractivity contribution in [2.45, 2.75) is 0 Å². The van der Waals surface area contributed by atoms with Crippen molar-refractivity contribution in [1.82, 2.24) is 9.59 Å². The Kier molecular flexibility index (Phi) is 3.49. The van der Waals surface area contributed by atoms with E-state index in [0.717, 1.165) is 11.5 Å². The summed E-state index contributed by atoms with van der Waals surface area (Å²) in [6.45, 7) is 0. The van der Waals surface area contributed by atoms with Crippen LogP contribution in [0, 0.1) is 10.1 Å². The number of benzene rings is 1. The van der Waals surface area contributed by atoms with E-state index in [9.17, 15) is 14.9 Å². The standard InChI is InChI=1S/C9H5ClN4O3S/c10-5-1-2-7(14(16)17)6(3-5)9(15)12-8-4-11-13-18-8/h1-4H,(H,12,15). The van der Waals surface area contributed by atoms with Crippen LogP contribution in [0.3, 0.4) is 0 Å². The summed E-state index contributed by atoms with van der Waals surface area (Å²) in [6.07, 6.45) is 1.35. The molecule has 0 aliphatic rings. The minimum Gasteiger partial charge on any atom is -0.311 e. The molecule has 0 saturated heterocycles. The Balaban J connectivity index is 2.34. The van der Waals surface area contributed by atoms with E-state index in [1.165, 1.54) is 24.4 Å². The van der Waals surface area contributed by atoms with Crippen LogP contribution in [0.15, 0.2) is 24.4 Å². The molecule has 0 atom stereocenters. The van der Waals surface area contributed by atoms with Crippen molar-refractivity contribution >= 4 is 39.7 Å². The Hall–Kier alpha value is -2.06. The average molecular weight is 285 g/mol. The molecular weight excluding hydrogens is 280 g/mol. The molecule has 7 nitrogen and oxygen atoms in total. The first-order valence-corrected chi connectivity index (χ1v) is 5.75. The van der Waals surface area contributed by atoms with E-state index in [-0.39, 0.29) is 16.3 Å². The quantitative estimate of drug-likeness (QED) is 0.689. The number of hydrogen-bond acceptors (Lipinski definition) is 6. The lowest BCUT2D eigenvalue weighted by Gasteiger charge is -2.03. The Morgan fingerprint density at radius 3 is 2.89 bits per heavy atom. The molecule has 2 rings (SSSR count). The van der Waals surface area contributed by atoms with Gasteiger partial charge in [0, 0.05) is 22.6 Å². The predicted molar refractivity (Wildman–Crippen MR) is 66.0 cm³/mol. The van der Waals surface area contributed by atoms with Crippen LogP contribution in [-0.2, 0) is 0 Å². The van der Waals surface area contributed by atoms with Gasteiger partial charge in [-0.1, -0.05) is 16.1 Å². The highest BCUT2D eigenvalue weighted by atomic mass is 35.5. The molecule has 0 radical (unpaired) electrons. The Morgan fingerprint density at radius 1 is 1.50 bits per heavy atom. The summed E-state index contributed by atoms with van der Waals surface area (Å²) < 4.78 is 3.56. The fraction of sp³-hybridized carbons (Fsp3) is 0. The van der Waals surface area contributed by atoms with E-state index in [2.05, 4.69) is 14.9 Å². The third-order valence-electron chi connectivity index (χ3n) is 2.00. The van der Waals surface area contributed by atoms with Gasteiger partial charge in [-0.05, 0) is 12.1 Å². The lowest BCUT2D eigenvalue weighted by atomic mass is 10.1. The van der Waals surface area contributed by atoms with Gasteiger partial charge in [-0.2, -0.15) is 0 Å². The van der Waals surface area contributed by atoms with Crippen molar-refractivity contribution < 1.29 is 9.72 Å². The van der Waals surface area contributed by atoms with Gasteiger partial charge in [-0.15, -0.1) is 5.10 Å². The third-order valence-corrected chi connectivity index (χ3v) is 2.81. The maximum Gasteiger partial charge on any atom is 0.282 e. The molecule has 0 fully saturated rings. The van der Waals surface area contributed by atoms with Gasteiger partial charge in [-0.25, -0.2) is 0 Å². The first-order chi connectivity index (χ1) is 8.58. The molecule has 18 heavy (non-hydrogen) atoms. The molecule has 0 aliphatic heterocycles. The smallest absolute Gasteiger partial charge is 0.282 e. The van der Waals surface area contributed by atoms with E-state index in [1.54, 1.807) is 0 Å².